The fraction of sp³-hybridized carbons (Fsp3) is 0.444. The molecule has 0 aliphatic heterocycles. The molecule has 1 saturated carbocycles. The molecule has 5 N–H and O–H groups in total. The predicted molar refractivity (Wildman–Crippen MR) is 110 cm³/mol. The van der Waals surface area contributed by atoms with Crippen LogP contribution in [-0.4, -0.2) is 64.4 Å². The highest BCUT2D eigenvalue weighted by atomic mass is 32.2. The number of hydrogen-bond donors (Lipinski definition) is 4. The number of rotatable bonds is 6. The second-order valence-electron chi connectivity index (χ2n) is 7.06. The molecule has 1 aliphatic carbocycles. The van der Waals surface area contributed by atoms with Gasteiger partial charge in [-0.05, 0) is 37.7 Å². The summed E-state index contributed by atoms with van der Waals surface area (Å²) in [5.74, 6) is -1.32. The van der Waals surface area contributed by atoms with Crippen LogP contribution < -0.4 is 10.0 Å². The Morgan fingerprint density at radius 1 is 1.20 bits per heavy atom. The fourth-order valence-corrected chi connectivity index (χ4v) is 4.47. The number of fused-ring (bicyclic) bond motifs is 1. The zero-order valence-electron chi connectivity index (χ0n) is 16.4. The number of carboxylic acids is 2. The molecule has 2 heterocycles. The number of aliphatic carboxylic acids is 2. The minimum absolute atomic E-state index is 0.0962. The molecule has 0 saturated heterocycles. The first kappa shape index (κ1) is 23.3. The van der Waals surface area contributed by atoms with Crippen molar-refractivity contribution in [2.45, 2.75) is 31.7 Å². The molecule has 12 heteroatoms. The number of hydrogen-bond acceptors (Lipinski definition) is 7. The number of carboxylic acid groups (broad SMARTS) is 2. The molecule has 164 valence electrons. The predicted octanol–water partition coefficient (Wildman–Crippen LogP) is 0.953. The standard InChI is InChI=1S/C14H21N5O2S.C4H4O4/c1-19(14-12-6-7-16-13(12)17-9-18-14)11-4-2-10(3-5-11)8-22(15,20)21;5-3(6)1-2-4(7)8/h6-7,9-11H,2-5,8H2,1H3,(H2,15,20,21)(H,16,17,18);1-2H,(H,5,6)(H,7,8)/b;2-1-. The van der Waals surface area contributed by atoms with E-state index in [-0.39, 0.29) is 11.7 Å². The minimum Gasteiger partial charge on any atom is -0.478 e. The quantitative estimate of drug-likeness (QED) is 0.477. The van der Waals surface area contributed by atoms with Gasteiger partial charge in [0.25, 0.3) is 0 Å². The van der Waals surface area contributed by atoms with Crippen molar-refractivity contribution in [3.63, 3.8) is 0 Å². The molecule has 1 fully saturated rings. The number of carbonyl (C=O) groups is 2. The molecule has 0 bridgehead atoms. The van der Waals surface area contributed by atoms with Gasteiger partial charge in [-0.2, -0.15) is 0 Å². The average molecular weight is 439 g/mol. The summed E-state index contributed by atoms with van der Waals surface area (Å²) in [5, 5.41) is 21.8. The van der Waals surface area contributed by atoms with Crippen LogP contribution in [0.1, 0.15) is 25.7 Å². The van der Waals surface area contributed by atoms with E-state index in [1.807, 2.05) is 19.3 Å². The lowest BCUT2D eigenvalue weighted by Crippen LogP contribution is -2.37. The molecule has 2 aromatic heterocycles. The van der Waals surface area contributed by atoms with E-state index in [1.54, 1.807) is 6.33 Å². The smallest absolute Gasteiger partial charge is 0.328 e. The van der Waals surface area contributed by atoms with Gasteiger partial charge < -0.3 is 20.1 Å². The number of nitrogens with two attached hydrogens (primary N) is 1. The van der Waals surface area contributed by atoms with Crippen molar-refractivity contribution in [1.29, 1.82) is 0 Å². The van der Waals surface area contributed by atoms with E-state index in [1.165, 1.54) is 0 Å². The van der Waals surface area contributed by atoms with Gasteiger partial charge in [0.2, 0.25) is 10.0 Å². The normalized spacial score (nSPS) is 19.3. The van der Waals surface area contributed by atoms with Gasteiger partial charge in [0.1, 0.15) is 17.8 Å². The van der Waals surface area contributed by atoms with E-state index < -0.39 is 22.0 Å². The number of primary sulfonamides is 1. The van der Waals surface area contributed by atoms with Gasteiger partial charge in [0.05, 0.1) is 11.1 Å². The van der Waals surface area contributed by atoms with E-state index in [0.717, 1.165) is 42.5 Å². The molecule has 0 spiro atoms. The molecule has 0 aromatic carbocycles. The minimum atomic E-state index is -3.37. The van der Waals surface area contributed by atoms with Gasteiger partial charge in [-0.1, -0.05) is 0 Å². The van der Waals surface area contributed by atoms with Crippen molar-refractivity contribution < 1.29 is 28.2 Å². The molecular formula is C18H25N5O6S. The summed E-state index contributed by atoms with van der Waals surface area (Å²) in [4.78, 5) is 33.0. The number of H-pyrrole nitrogens is 1. The summed E-state index contributed by atoms with van der Waals surface area (Å²) < 4.78 is 22.4. The van der Waals surface area contributed by atoms with Crippen LogP contribution in [-0.2, 0) is 19.6 Å². The highest BCUT2D eigenvalue weighted by Gasteiger charge is 2.27. The van der Waals surface area contributed by atoms with Gasteiger partial charge in [0, 0.05) is 31.4 Å². The van der Waals surface area contributed by atoms with Gasteiger partial charge >= 0.3 is 11.9 Å². The van der Waals surface area contributed by atoms with E-state index in [9.17, 15) is 18.0 Å². The van der Waals surface area contributed by atoms with E-state index >= 15 is 0 Å². The maximum absolute atomic E-state index is 11.2. The average Bonchev–Trinajstić information content (AvgIpc) is 3.14. The Labute approximate surface area is 173 Å². The monoisotopic (exact) mass is 439 g/mol. The van der Waals surface area contributed by atoms with E-state index in [4.69, 9.17) is 15.4 Å². The van der Waals surface area contributed by atoms with Crippen molar-refractivity contribution in [3.8, 4) is 0 Å². The zero-order valence-corrected chi connectivity index (χ0v) is 17.2. The summed E-state index contributed by atoms with van der Waals surface area (Å²) in [7, 11) is -1.33. The fourth-order valence-electron chi connectivity index (χ4n) is 3.48. The van der Waals surface area contributed by atoms with Crippen molar-refractivity contribution in [2.24, 2.45) is 11.1 Å². The molecule has 0 atom stereocenters. The lowest BCUT2D eigenvalue weighted by molar-refractivity contribution is -0.134. The first-order valence-corrected chi connectivity index (χ1v) is 10.9. The van der Waals surface area contributed by atoms with Crippen LogP contribution in [0.3, 0.4) is 0 Å². The zero-order chi connectivity index (χ0) is 22.3. The van der Waals surface area contributed by atoms with Gasteiger partial charge in [-0.3, -0.25) is 0 Å². The maximum Gasteiger partial charge on any atom is 0.328 e. The molecule has 0 radical (unpaired) electrons. The number of aromatic nitrogens is 3. The summed E-state index contributed by atoms with van der Waals surface area (Å²) >= 11 is 0. The second kappa shape index (κ2) is 10.2. The van der Waals surface area contributed by atoms with Crippen molar-refractivity contribution >= 4 is 38.8 Å². The highest BCUT2D eigenvalue weighted by molar-refractivity contribution is 7.89. The summed E-state index contributed by atoms with van der Waals surface area (Å²) in [6.45, 7) is 0. The Morgan fingerprint density at radius 2 is 1.80 bits per heavy atom. The highest BCUT2D eigenvalue weighted by Crippen LogP contribution is 2.31. The van der Waals surface area contributed by atoms with Crippen molar-refractivity contribution in [2.75, 3.05) is 17.7 Å². The Morgan fingerprint density at radius 3 is 2.33 bits per heavy atom. The molecule has 30 heavy (non-hydrogen) atoms. The number of sulfonamides is 1. The third kappa shape index (κ3) is 7.12. The number of nitrogens with one attached hydrogen (secondary N) is 1. The number of nitrogens with zero attached hydrogens (tertiary/aromatic N) is 3. The SMILES string of the molecule is CN(c1ncnc2[nH]ccc12)C1CCC(CS(N)(=O)=O)CC1.O=C(O)/C=C\C(=O)O. The molecule has 11 nitrogen and oxygen atoms in total. The molecule has 0 unspecified atom stereocenters. The molecule has 3 rings (SSSR count). The van der Waals surface area contributed by atoms with E-state index in [0.29, 0.717) is 18.2 Å². The lowest BCUT2D eigenvalue weighted by atomic mass is 9.86. The van der Waals surface area contributed by atoms with Gasteiger partial charge in [-0.15, -0.1) is 0 Å². The summed E-state index contributed by atoms with van der Waals surface area (Å²) in [6, 6.07) is 2.35. The van der Waals surface area contributed by atoms with Crippen molar-refractivity contribution in [3.05, 3.63) is 30.7 Å². The third-order valence-electron chi connectivity index (χ3n) is 4.87. The Balaban J connectivity index is 0.000000343. The van der Waals surface area contributed by atoms with Gasteiger partial charge in [0.15, 0.2) is 0 Å². The van der Waals surface area contributed by atoms with Crippen LogP contribution in [0, 0.1) is 5.92 Å². The van der Waals surface area contributed by atoms with Crippen LogP contribution >= 0.6 is 0 Å². The first-order valence-electron chi connectivity index (χ1n) is 9.22. The molecule has 1 aliphatic rings. The van der Waals surface area contributed by atoms with Crippen LogP contribution in [0.5, 0.6) is 0 Å². The van der Waals surface area contributed by atoms with Crippen LogP contribution in [0.25, 0.3) is 11.0 Å². The van der Waals surface area contributed by atoms with Gasteiger partial charge in [-0.25, -0.2) is 33.1 Å². The van der Waals surface area contributed by atoms with Crippen LogP contribution in [0.4, 0.5) is 5.82 Å². The maximum atomic E-state index is 11.2. The van der Waals surface area contributed by atoms with Crippen LogP contribution in [0.2, 0.25) is 0 Å². The van der Waals surface area contributed by atoms with Crippen LogP contribution in [0.15, 0.2) is 30.7 Å². The first-order chi connectivity index (χ1) is 14.1. The number of anilines is 1. The second-order valence-corrected chi connectivity index (χ2v) is 8.72. The largest absolute Gasteiger partial charge is 0.478 e. The summed E-state index contributed by atoms with van der Waals surface area (Å²) in [5.41, 5.74) is 0.833. The molecular weight excluding hydrogens is 414 g/mol. The Hall–Kier alpha value is -2.99. The molecule has 2 aromatic rings. The summed E-state index contributed by atoms with van der Waals surface area (Å²) in [6.07, 6.45) is 8.21. The third-order valence-corrected chi connectivity index (χ3v) is 5.80. The topological polar surface area (TPSA) is 180 Å². The Kier molecular flexibility index (Phi) is 7.89. The number of aromatic amines is 1. The lowest BCUT2D eigenvalue weighted by Gasteiger charge is -2.35. The van der Waals surface area contributed by atoms with E-state index in [2.05, 4.69) is 19.9 Å². The Bertz CT molecular complexity index is 995. The van der Waals surface area contributed by atoms with Crippen molar-refractivity contribution in [1.82, 2.24) is 15.0 Å². The molecule has 0 amide bonds.